The number of rotatable bonds is 2. The molecule has 0 aliphatic rings. The zero-order valence-electron chi connectivity index (χ0n) is 7.83. The Morgan fingerprint density at radius 3 is 2.69 bits per heavy atom. The van der Waals surface area contributed by atoms with Gasteiger partial charge in [-0.1, -0.05) is 11.3 Å². The average Bonchev–Trinajstić information content (AvgIpc) is 2.63. The summed E-state index contributed by atoms with van der Waals surface area (Å²) in [5.74, 6) is -0.146. The second-order valence-electron chi connectivity index (χ2n) is 2.82. The van der Waals surface area contributed by atoms with Gasteiger partial charge in [0, 0.05) is 6.07 Å². The summed E-state index contributed by atoms with van der Waals surface area (Å²) in [4.78, 5) is 3.96. The van der Waals surface area contributed by atoms with Crippen molar-refractivity contribution in [3.05, 3.63) is 28.2 Å². The van der Waals surface area contributed by atoms with Crippen molar-refractivity contribution in [2.75, 3.05) is 0 Å². The molecule has 0 bridgehead atoms. The van der Waals surface area contributed by atoms with E-state index in [0.717, 1.165) is 3.79 Å². The van der Waals surface area contributed by atoms with Crippen molar-refractivity contribution < 1.29 is 10.2 Å². The Balaban J connectivity index is 2.23. The number of benzene rings is 1. The smallest absolute Gasteiger partial charge is 0.230 e. The minimum Gasteiger partial charge on any atom is -0.508 e. The van der Waals surface area contributed by atoms with Gasteiger partial charge in [-0.15, -0.1) is 10.2 Å². The van der Waals surface area contributed by atoms with Crippen LogP contribution in [0.1, 0.15) is 0 Å². The first-order valence-corrected chi connectivity index (χ1v) is 5.81. The Morgan fingerprint density at radius 2 is 2.06 bits per heavy atom. The molecule has 82 valence electrons. The highest BCUT2D eigenvalue weighted by Crippen LogP contribution is 2.32. The number of aromatic nitrogens is 1. The number of phenols is 2. The highest BCUT2D eigenvalue weighted by atomic mass is 79.9. The molecular weight excluding hydrogens is 294 g/mol. The van der Waals surface area contributed by atoms with Crippen molar-refractivity contribution in [1.29, 1.82) is 0 Å². The molecule has 0 spiro atoms. The zero-order valence-corrected chi connectivity index (χ0v) is 10.2. The molecule has 2 N–H and O–H groups in total. The maximum absolute atomic E-state index is 9.43. The molecule has 5 nitrogen and oxygen atoms in total. The highest BCUT2D eigenvalue weighted by Gasteiger charge is 2.01. The third-order valence-corrected chi connectivity index (χ3v) is 3.03. The van der Waals surface area contributed by atoms with Crippen LogP contribution in [0.5, 0.6) is 11.5 Å². The van der Waals surface area contributed by atoms with E-state index in [1.807, 2.05) is 0 Å². The fourth-order valence-corrected chi connectivity index (χ4v) is 1.99. The lowest BCUT2D eigenvalue weighted by molar-refractivity contribution is 0.451. The van der Waals surface area contributed by atoms with Crippen molar-refractivity contribution in [3.63, 3.8) is 0 Å². The topological polar surface area (TPSA) is 78.1 Å². The van der Waals surface area contributed by atoms with E-state index >= 15 is 0 Å². The summed E-state index contributed by atoms with van der Waals surface area (Å²) in [6.07, 6.45) is 1.62. The van der Waals surface area contributed by atoms with E-state index in [1.165, 1.54) is 29.5 Å². The molecule has 0 radical (unpaired) electrons. The first-order valence-electron chi connectivity index (χ1n) is 4.20. The SMILES string of the molecule is Oc1ccc(N=Nc2ncc(Br)s2)c(O)c1. The molecule has 1 aromatic carbocycles. The molecule has 0 fully saturated rings. The molecule has 2 aromatic rings. The summed E-state index contributed by atoms with van der Waals surface area (Å²) in [6, 6.07) is 4.09. The van der Waals surface area contributed by atoms with Crippen LogP contribution in [0.15, 0.2) is 38.4 Å². The van der Waals surface area contributed by atoms with E-state index in [9.17, 15) is 5.11 Å². The van der Waals surface area contributed by atoms with Crippen LogP contribution < -0.4 is 0 Å². The van der Waals surface area contributed by atoms with E-state index in [2.05, 4.69) is 31.1 Å². The number of aromatic hydroxyl groups is 2. The molecule has 0 saturated heterocycles. The van der Waals surface area contributed by atoms with E-state index in [0.29, 0.717) is 5.13 Å². The Morgan fingerprint density at radius 1 is 1.25 bits per heavy atom. The van der Waals surface area contributed by atoms with Gasteiger partial charge in [-0.3, -0.25) is 0 Å². The van der Waals surface area contributed by atoms with Gasteiger partial charge in [0.25, 0.3) is 0 Å². The molecule has 1 aromatic heterocycles. The van der Waals surface area contributed by atoms with Crippen molar-refractivity contribution in [2.24, 2.45) is 10.2 Å². The van der Waals surface area contributed by atoms with Gasteiger partial charge in [0.2, 0.25) is 5.13 Å². The van der Waals surface area contributed by atoms with Crippen LogP contribution in [0, 0.1) is 0 Å². The fraction of sp³-hybridized carbons (Fsp3) is 0. The van der Waals surface area contributed by atoms with Crippen LogP contribution >= 0.6 is 27.3 Å². The molecular formula is C9H6BrN3O2S. The lowest BCUT2D eigenvalue weighted by Crippen LogP contribution is -1.68. The van der Waals surface area contributed by atoms with E-state index in [4.69, 9.17) is 5.11 Å². The minimum absolute atomic E-state index is 0.0200. The number of hydrogen-bond acceptors (Lipinski definition) is 6. The van der Waals surface area contributed by atoms with E-state index in [1.54, 1.807) is 6.20 Å². The minimum atomic E-state index is -0.126. The fourth-order valence-electron chi connectivity index (χ4n) is 0.985. The molecule has 0 unspecified atom stereocenters. The Bertz CT molecular complexity index is 541. The predicted octanol–water partition coefficient (Wildman–Crippen LogP) is 3.73. The lowest BCUT2D eigenvalue weighted by Gasteiger charge is -1.96. The number of halogens is 1. The Hall–Kier alpha value is -1.47. The number of azo groups is 1. The number of phenolic OH excluding ortho intramolecular Hbond substituents is 2. The maximum Gasteiger partial charge on any atom is 0.230 e. The van der Waals surface area contributed by atoms with Gasteiger partial charge in [0.1, 0.15) is 17.2 Å². The molecule has 2 rings (SSSR count). The molecule has 1 heterocycles. The van der Waals surface area contributed by atoms with Crippen molar-refractivity contribution in [3.8, 4) is 11.5 Å². The molecule has 16 heavy (non-hydrogen) atoms. The van der Waals surface area contributed by atoms with Crippen LogP contribution in [0.25, 0.3) is 0 Å². The van der Waals surface area contributed by atoms with E-state index in [-0.39, 0.29) is 17.2 Å². The molecule has 0 saturated carbocycles. The zero-order chi connectivity index (χ0) is 11.5. The molecule has 0 aliphatic carbocycles. The second-order valence-corrected chi connectivity index (χ2v) is 5.21. The van der Waals surface area contributed by atoms with Crippen LogP contribution in [0.3, 0.4) is 0 Å². The van der Waals surface area contributed by atoms with Gasteiger partial charge in [-0.25, -0.2) is 4.98 Å². The first-order chi connectivity index (χ1) is 7.65. The largest absolute Gasteiger partial charge is 0.508 e. The summed E-state index contributed by atoms with van der Waals surface area (Å²) in [5, 5.41) is 26.7. The van der Waals surface area contributed by atoms with Crippen LogP contribution in [0.2, 0.25) is 0 Å². The van der Waals surface area contributed by atoms with Crippen LogP contribution in [0.4, 0.5) is 10.8 Å². The van der Waals surface area contributed by atoms with Gasteiger partial charge in [0.15, 0.2) is 0 Å². The summed E-state index contributed by atoms with van der Waals surface area (Å²) in [6.45, 7) is 0. The summed E-state index contributed by atoms with van der Waals surface area (Å²) >= 11 is 4.58. The summed E-state index contributed by atoms with van der Waals surface area (Å²) in [5.41, 5.74) is 0.282. The Labute approximate surface area is 103 Å². The molecule has 0 aliphatic heterocycles. The lowest BCUT2D eigenvalue weighted by atomic mass is 10.3. The van der Waals surface area contributed by atoms with Crippen LogP contribution in [-0.2, 0) is 0 Å². The first kappa shape index (κ1) is 11.0. The van der Waals surface area contributed by atoms with Gasteiger partial charge in [0.05, 0.1) is 9.98 Å². The standard InChI is InChI=1S/C9H6BrN3O2S/c10-8-4-11-9(16-8)13-12-6-2-1-5(14)3-7(6)15/h1-4,14-15H. The highest BCUT2D eigenvalue weighted by molar-refractivity contribution is 9.11. The molecule has 0 atom stereocenters. The van der Waals surface area contributed by atoms with Crippen molar-refractivity contribution in [2.45, 2.75) is 0 Å². The number of hydrogen-bond donors (Lipinski definition) is 2. The normalized spacial score (nSPS) is 11.1. The second kappa shape index (κ2) is 4.58. The molecule has 0 amide bonds. The van der Waals surface area contributed by atoms with Gasteiger partial charge >= 0.3 is 0 Å². The maximum atomic E-state index is 9.43. The number of nitrogens with zero attached hydrogens (tertiary/aromatic N) is 3. The average molecular weight is 300 g/mol. The van der Waals surface area contributed by atoms with E-state index < -0.39 is 0 Å². The molecule has 7 heteroatoms. The third kappa shape index (κ3) is 2.56. The third-order valence-electron chi connectivity index (χ3n) is 1.67. The van der Waals surface area contributed by atoms with Gasteiger partial charge in [-0.2, -0.15) is 0 Å². The van der Waals surface area contributed by atoms with Gasteiger partial charge in [-0.05, 0) is 28.1 Å². The van der Waals surface area contributed by atoms with Crippen LogP contribution in [-0.4, -0.2) is 15.2 Å². The van der Waals surface area contributed by atoms with Crippen molar-refractivity contribution >= 4 is 38.1 Å². The predicted molar refractivity (Wildman–Crippen MR) is 63.8 cm³/mol. The quantitative estimate of drug-likeness (QED) is 0.829. The monoisotopic (exact) mass is 299 g/mol. The summed E-state index contributed by atoms with van der Waals surface area (Å²) in [7, 11) is 0. The number of thiazole rings is 1. The van der Waals surface area contributed by atoms with Crippen molar-refractivity contribution in [1.82, 2.24) is 4.98 Å². The summed E-state index contributed by atoms with van der Waals surface area (Å²) < 4.78 is 0.858. The Kier molecular flexibility index (Phi) is 3.16. The van der Waals surface area contributed by atoms with Gasteiger partial charge < -0.3 is 10.2 Å².